The molecule has 5 heterocycles. The molecule has 220 valence electrons. The van der Waals surface area contributed by atoms with Crippen LogP contribution in [0.4, 0.5) is 8.78 Å². The van der Waals surface area contributed by atoms with Crippen molar-refractivity contribution in [3.05, 3.63) is 57.3 Å². The maximum Gasteiger partial charge on any atom is 0.307 e. The van der Waals surface area contributed by atoms with Gasteiger partial charge in [0.15, 0.2) is 5.15 Å². The summed E-state index contributed by atoms with van der Waals surface area (Å²) in [7, 11) is 0. The molecule has 3 fully saturated rings. The quantitative estimate of drug-likeness (QED) is 0.386. The van der Waals surface area contributed by atoms with Crippen molar-refractivity contribution < 1.29 is 8.78 Å². The maximum absolute atomic E-state index is 14.0. The van der Waals surface area contributed by atoms with Gasteiger partial charge in [-0.3, -0.25) is 9.36 Å². The van der Waals surface area contributed by atoms with Gasteiger partial charge in [-0.1, -0.05) is 41.3 Å². The van der Waals surface area contributed by atoms with Crippen LogP contribution in [0.5, 0.6) is 0 Å². The fourth-order valence-electron chi connectivity index (χ4n) is 6.71. The molecule has 0 amide bonds. The number of fused-ring (bicyclic) bond motifs is 4. The molecule has 0 aliphatic carbocycles. The third-order valence-corrected chi connectivity index (χ3v) is 8.99. The van der Waals surface area contributed by atoms with Gasteiger partial charge >= 0.3 is 6.55 Å². The number of hydrogen-bond donors (Lipinski definition) is 3. The highest BCUT2D eigenvalue weighted by Crippen LogP contribution is 2.35. The maximum atomic E-state index is 14.0. The summed E-state index contributed by atoms with van der Waals surface area (Å²) in [5.74, 6) is 0.0520. The highest BCUT2D eigenvalue weighted by atomic mass is 35.5. The standard InChI is InChI=1S/C27H33Cl2F2N9O/c28-17-5-6-22(39-14-24(29)36-37-39)18(11-17)19-12-25(41)38(15-34-19)23-4-2-1-3-8-32-21-13-35-40(27(30)31)26(21)16-7-9-33-20(23)10-16/h5-6,11-12,14-16,20-21,23,26-27,32-33,35H,1-4,7-10,13H2/t16?,20?,21?,23-,26?/m0/s1. The minimum atomic E-state index is -2.58. The van der Waals surface area contributed by atoms with Gasteiger partial charge in [-0.05, 0) is 62.9 Å². The zero-order valence-corrected chi connectivity index (χ0v) is 23.9. The second-order valence-electron chi connectivity index (χ2n) is 11.0. The lowest BCUT2D eigenvalue weighted by atomic mass is 9.80. The van der Waals surface area contributed by atoms with E-state index >= 15 is 0 Å². The number of benzene rings is 1. The van der Waals surface area contributed by atoms with E-state index in [9.17, 15) is 13.6 Å². The van der Waals surface area contributed by atoms with E-state index in [2.05, 4.69) is 26.4 Å². The molecule has 5 atom stereocenters. The Balaban J connectivity index is 1.32. The number of rotatable bonds is 4. The van der Waals surface area contributed by atoms with Crippen LogP contribution in [0.1, 0.15) is 44.6 Å². The van der Waals surface area contributed by atoms with E-state index < -0.39 is 6.55 Å². The normalized spacial score (nSPS) is 27.8. The molecule has 41 heavy (non-hydrogen) atoms. The molecule has 3 N–H and O–H groups in total. The van der Waals surface area contributed by atoms with E-state index in [0.717, 1.165) is 43.7 Å². The Kier molecular flexibility index (Phi) is 8.66. The second-order valence-corrected chi connectivity index (χ2v) is 11.9. The van der Waals surface area contributed by atoms with Crippen LogP contribution in [0, 0.1) is 5.92 Å². The van der Waals surface area contributed by atoms with Crippen LogP contribution in [0.25, 0.3) is 16.9 Å². The zero-order chi connectivity index (χ0) is 28.5. The van der Waals surface area contributed by atoms with E-state index in [4.69, 9.17) is 28.2 Å². The molecule has 3 aliphatic rings. The Morgan fingerprint density at radius 1 is 1.02 bits per heavy atom. The van der Waals surface area contributed by atoms with Crippen LogP contribution in [0.2, 0.25) is 10.2 Å². The summed E-state index contributed by atoms with van der Waals surface area (Å²) in [6.07, 6.45) is 8.33. The summed E-state index contributed by atoms with van der Waals surface area (Å²) < 4.78 is 31.2. The molecule has 6 rings (SSSR count). The van der Waals surface area contributed by atoms with Crippen molar-refractivity contribution in [3.63, 3.8) is 0 Å². The van der Waals surface area contributed by atoms with E-state index in [1.54, 1.807) is 35.3 Å². The van der Waals surface area contributed by atoms with Gasteiger partial charge in [0.05, 0.1) is 29.9 Å². The predicted molar refractivity (Wildman–Crippen MR) is 152 cm³/mol. The first-order valence-electron chi connectivity index (χ1n) is 14.1. The number of hydrazine groups is 1. The van der Waals surface area contributed by atoms with Gasteiger partial charge in [-0.2, -0.15) is 13.8 Å². The number of hydrogen-bond acceptors (Lipinski definition) is 8. The van der Waals surface area contributed by atoms with Crippen molar-refractivity contribution in [1.82, 2.24) is 45.6 Å². The SMILES string of the molecule is O=c1cc(-c2cc(Cl)ccc2-n2cc(Cl)nn2)ncn1[C@H]1CCCCCNC2CNN(C(F)F)C2C2CCNC1C2. The fraction of sp³-hybridized carbons (Fsp3) is 0.556. The number of nitrogens with one attached hydrogen (secondary N) is 3. The van der Waals surface area contributed by atoms with Crippen molar-refractivity contribution in [2.24, 2.45) is 5.92 Å². The van der Waals surface area contributed by atoms with Gasteiger partial charge in [-0.25, -0.2) is 15.1 Å². The lowest BCUT2D eigenvalue weighted by Crippen LogP contribution is -2.55. The van der Waals surface area contributed by atoms with E-state index in [-0.39, 0.29) is 40.8 Å². The van der Waals surface area contributed by atoms with E-state index in [0.29, 0.717) is 41.5 Å². The summed E-state index contributed by atoms with van der Waals surface area (Å²) in [6.45, 7) is -0.593. The number of nitrogens with zero attached hydrogens (tertiary/aromatic N) is 6. The van der Waals surface area contributed by atoms with Crippen molar-refractivity contribution in [3.8, 4) is 16.9 Å². The van der Waals surface area contributed by atoms with Crippen LogP contribution < -0.4 is 21.6 Å². The summed E-state index contributed by atoms with van der Waals surface area (Å²) in [6, 6.07) is 6.20. The molecule has 4 unspecified atom stereocenters. The van der Waals surface area contributed by atoms with Gasteiger partial charge < -0.3 is 10.6 Å². The Hall–Kier alpha value is -2.48. The van der Waals surface area contributed by atoms with Crippen LogP contribution in [-0.2, 0) is 0 Å². The van der Waals surface area contributed by atoms with Crippen LogP contribution >= 0.6 is 23.2 Å². The van der Waals surface area contributed by atoms with Gasteiger partial charge in [-0.15, -0.1) is 5.10 Å². The van der Waals surface area contributed by atoms with Gasteiger partial charge in [0.25, 0.3) is 5.56 Å². The topological polar surface area (TPSA) is 105 Å². The largest absolute Gasteiger partial charge is 0.312 e. The third-order valence-electron chi connectivity index (χ3n) is 8.59. The molecule has 3 aromatic rings. The van der Waals surface area contributed by atoms with Crippen molar-refractivity contribution in [1.29, 1.82) is 0 Å². The Bertz CT molecular complexity index is 1420. The van der Waals surface area contributed by atoms with Crippen molar-refractivity contribution >= 4 is 23.2 Å². The van der Waals surface area contributed by atoms with Crippen LogP contribution in [-0.4, -0.2) is 73.9 Å². The fourth-order valence-corrected chi connectivity index (χ4v) is 7.01. The lowest BCUT2D eigenvalue weighted by molar-refractivity contribution is -0.0840. The summed E-state index contributed by atoms with van der Waals surface area (Å²) in [5.41, 5.74) is 4.46. The zero-order valence-electron chi connectivity index (χ0n) is 22.4. The highest BCUT2D eigenvalue weighted by molar-refractivity contribution is 6.31. The molecule has 0 radical (unpaired) electrons. The first kappa shape index (κ1) is 28.6. The molecule has 1 aromatic carbocycles. The number of aromatic nitrogens is 5. The number of halogens is 4. The molecule has 3 aliphatic heterocycles. The number of piperidine rings is 1. The van der Waals surface area contributed by atoms with Crippen LogP contribution in [0.3, 0.4) is 0 Å². The van der Waals surface area contributed by atoms with Gasteiger partial charge in [0.2, 0.25) is 0 Å². The highest BCUT2D eigenvalue weighted by Gasteiger charge is 2.45. The molecule has 2 aromatic heterocycles. The first-order valence-corrected chi connectivity index (χ1v) is 14.9. The Morgan fingerprint density at radius 2 is 1.88 bits per heavy atom. The molecule has 2 bridgehead atoms. The summed E-state index contributed by atoms with van der Waals surface area (Å²) in [4.78, 5) is 18.4. The predicted octanol–water partition coefficient (Wildman–Crippen LogP) is 3.65. The molecule has 14 heteroatoms. The third kappa shape index (κ3) is 6.04. The minimum absolute atomic E-state index is 0.0407. The summed E-state index contributed by atoms with van der Waals surface area (Å²) >= 11 is 12.3. The smallest absolute Gasteiger partial charge is 0.307 e. The summed E-state index contributed by atoms with van der Waals surface area (Å²) in [5, 5.41) is 16.9. The average molecular weight is 609 g/mol. The van der Waals surface area contributed by atoms with Gasteiger partial charge in [0.1, 0.15) is 0 Å². The number of alkyl halides is 2. The molecule has 10 nitrogen and oxygen atoms in total. The average Bonchev–Trinajstić information content (AvgIpc) is 3.59. The molecular formula is C27H33Cl2F2N9O. The Morgan fingerprint density at radius 3 is 2.66 bits per heavy atom. The molecular weight excluding hydrogens is 575 g/mol. The second kappa shape index (κ2) is 12.4. The van der Waals surface area contributed by atoms with Gasteiger partial charge in [0, 0.05) is 41.3 Å². The minimum Gasteiger partial charge on any atom is -0.312 e. The monoisotopic (exact) mass is 607 g/mol. The molecule has 0 saturated carbocycles. The molecule has 3 saturated heterocycles. The molecule has 0 spiro atoms. The van der Waals surface area contributed by atoms with Crippen molar-refractivity contribution in [2.45, 2.75) is 69.2 Å². The lowest BCUT2D eigenvalue weighted by Gasteiger charge is -2.42. The van der Waals surface area contributed by atoms with E-state index in [1.807, 2.05) is 0 Å². The first-order chi connectivity index (χ1) is 19.9. The van der Waals surface area contributed by atoms with E-state index in [1.165, 1.54) is 10.7 Å². The van der Waals surface area contributed by atoms with Crippen LogP contribution in [0.15, 0.2) is 41.6 Å². The Labute approximate surface area is 246 Å². The van der Waals surface area contributed by atoms with Crippen molar-refractivity contribution in [2.75, 3.05) is 19.6 Å².